The van der Waals surface area contributed by atoms with Gasteiger partial charge in [-0.2, -0.15) is 8.42 Å². The lowest BCUT2D eigenvalue weighted by molar-refractivity contribution is 0.172. The monoisotopic (exact) mass is 308 g/mol. The Bertz CT molecular complexity index is 527. The first-order valence-corrected chi connectivity index (χ1v) is 9.34. The highest BCUT2D eigenvalue weighted by Crippen LogP contribution is 2.44. The zero-order valence-corrected chi connectivity index (χ0v) is 12.5. The van der Waals surface area contributed by atoms with Crippen molar-refractivity contribution < 1.29 is 26.2 Å². The summed E-state index contributed by atoms with van der Waals surface area (Å²) in [5, 5.41) is 0. The lowest BCUT2D eigenvalue weighted by atomic mass is 10.2. The van der Waals surface area contributed by atoms with Crippen molar-refractivity contribution >= 4 is 17.7 Å². The molecule has 19 heavy (non-hydrogen) atoms. The first-order chi connectivity index (χ1) is 8.79. The summed E-state index contributed by atoms with van der Waals surface area (Å²) in [6.45, 7) is 1.19. The van der Waals surface area contributed by atoms with Gasteiger partial charge in [0.05, 0.1) is 26.1 Å². The first kappa shape index (κ1) is 16.3. The molecule has 0 aliphatic carbocycles. The normalized spacial score (nSPS) is 15.1. The van der Waals surface area contributed by atoms with E-state index < -0.39 is 17.7 Å². The average molecular weight is 308 g/mol. The van der Waals surface area contributed by atoms with Crippen molar-refractivity contribution in [3.63, 3.8) is 0 Å². The van der Waals surface area contributed by atoms with Crippen molar-refractivity contribution in [1.29, 1.82) is 0 Å². The van der Waals surface area contributed by atoms with Gasteiger partial charge in [0.2, 0.25) is 0 Å². The van der Waals surface area contributed by atoms with E-state index in [1.165, 1.54) is 6.66 Å². The summed E-state index contributed by atoms with van der Waals surface area (Å²) >= 11 is 0. The van der Waals surface area contributed by atoms with Crippen LogP contribution in [0.2, 0.25) is 0 Å². The van der Waals surface area contributed by atoms with E-state index in [0.717, 1.165) is 11.8 Å². The van der Waals surface area contributed by atoms with Gasteiger partial charge in [-0.3, -0.25) is 8.75 Å². The number of benzene rings is 1. The Morgan fingerprint density at radius 1 is 1.11 bits per heavy atom. The molecule has 1 aromatic carbocycles. The van der Waals surface area contributed by atoms with Crippen LogP contribution in [0.1, 0.15) is 5.56 Å². The van der Waals surface area contributed by atoms with Crippen molar-refractivity contribution in [2.75, 3.05) is 26.1 Å². The van der Waals surface area contributed by atoms with Crippen molar-refractivity contribution in [2.45, 2.75) is 6.61 Å². The molecule has 1 unspecified atom stereocenters. The molecule has 0 radical (unpaired) electrons. The average Bonchev–Trinajstić information content (AvgIpc) is 2.33. The van der Waals surface area contributed by atoms with E-state index in [-0.39, 0.29) is 19.8 Å². The Morgan fingerprint density at radius 2 is 1.74 bits per heavy atom. The minimum absolute atomic E-state index is 0.115. The predicted octanol–water partition coefficient (Wildman–Crippen LogP) is 2.02. The Morgan fingerprint density at radius 3 is 2.32 bits per heavy atom. The number of hydrogen-bond donors (Lipinski definition) is 0. The fourth-order valence-corrected chi connectivity index (χ4v) is 2.43. The van der Waals surface area contributed by atoms with Gasteiger partial charge in [0.25, 0.3) is 10.1 Å². The molecule has 1 atom stereocenters. The van der Waals surface area contributed by atoms with Crippen LogP contribution in [0.25, 0.3) is 0 Å². The van der Waals surface area contributed by atoms with Gasteiger partial charge in [-0.25, -0.2) is 0 Å². The Kier molecular flexibility index (Phi) is 6.16. The van der Waals surface area contributed by atoms with Crippen LogP contribution in [0.4, 0.5) is 0 Å². The topological polar surface area (TPSA) is 78.9 Å². The quantitative estimate of drug-likeness (QED) is 0.415. The summed E-state index contributed by atoms with van der Waals surface area (Å²) in [6, 6.07) is 9.24. The van der Waals surface area contributed by atoms with E-state index in [9.17, 15) is 13.0 Å². The van der Waals surface area contributed by atoms with Gasteiger partial charge in [-0.1, -0.05) is 30.3 Å². The van der Waals surface area contributed by atoms with E-state index in [2.05, 4.69) is 4.18 Å². The molecule has 0 N–H and O–H groups in total. The lowest BCUT2D eigenvalue weighted by Gasteiger charge is -2.14. The maximum absolute atomic E-state index is 11.9. The van der Waals surface area contributed by atoms with E-state index in [4.69, 9.17) is 9.05 Å². The van der Waals surface area contributed by atoms with Crippen LogP contribution in [0.3, 0.4) is 0 Å². The third kappa shape index (κ3) is 8.13. The SMILES string of the molecule is CP(=O)(OCCOS(C)(=O)=O)OCc1ccccc1. The van der Waals surface area contributed by atoms with Crippen LogP contribution in [0, 0.1) is 0 Å². The van der Waals surface area contributed by atoms with Crippen LogP contribution in [0.5, 0.6) is 0 Å². The van der Waals surface area contributed by atoms with Gasteiger partial charge < -0.3 is 9.05 Å². The summed E-state index contributed by atoms with van der Waals surface area (Å²) in [7, 11) is -6.72. The Balaban J connectivity index is 2.30. The summed E-state index contributed by atoms with van der Waals surface area (Å²) in [5.74, 6) is 0. The molecule has 108 valence electrons. The minimum Gasteiger partial charge on any atom is -0.306 e. The molecule has 0 saturated heterocycles. The second-order valence-corrected chi connectivity index (χ2v) is 7.59. The van der Waals surface area contributed by atoms with Crippen LogP contribution >= 0.6 is 7.60 Å². The molecular weight excluding hydrogens is 291 g/mol. The second kappa shape index (κ2) is 7.17. The van der Waals surface area contributed by atoms with E-state index in [1.807, 2.05) is 30.3 Å². The molecule has 0 heterocycles. The van der Waals surface area contributed by atoms with Crippen LogP contribution in [0.15, 0.2) is 30.3 Å². The highest BCUT2D eigenvalue weighted by Gasteiger charge is 2.17. The molecule has 1 aromatic rings. The molecule has 6 nitrogen and oxygen atoms in total. The fourth-order valence-electron chi connectivity index (χ4n) is 1.19. The Labute approximate surface area is 113 Å². The largest absolute Gasteiger partial charge is 0.328 e. The van der Waals surface area contributed by atoms with Crippen LogP contribution < -0.4 is 0 Å². The van der Waals surface area contributed by atoms with Gasteiger partial charge in [0.1, 0.15) is 0 Å². The Hall–Kier alpha value is -0.720. The minimum atomic E-state index is -3.51. The third-order valence-corrected chi connectivity index (χ3v) is 3.86. The van der Waals surface area contributed by atoms with E-state index >= 15 is 0 Å². The molecule has 0 spiro atoms. The third-order valence-electron chi connectivity index (χ3n) is 2.02. The summed E-state index contributed by atoms with van der Waals surface area (Å²) in [6.07, 6.45) is 0.935. The van der Waals surface area contributed by atoms with Gasteiger partial charge in [0, 0.05) is 6.66 Å². The molecule has 0 aliphatic rings. The standard InChI is InChI=1S/C11H17O6PS/c1-18(12,15-8-9-17-19(2,13)14)16-10-11-6-4-3-5-7-11/h3-7H,8-10H2,1-2H3. The van der Waals surface area contributed by atoms with Crippen molar-refractivity contribution in [3.05, 3.63) is 35.9 Å². The van der Waals surface area contributed by atoms with E-state index in [0.29, 0.717) is 0 Å². The van der Waals surface area contributed by atoms with Crippen molar-refractivity contribution in [1.82, 2.24) is 0 Å². The molecule has 0 saturated carbocycles. The smallest absolute Gasteiger partial charge is 0.306 e. The van der Waals surface area contributed by atoms with Crippen molar-refractivity contribution in [2.24, 2.45) is 0 Å². The molecule has 0 fully saturated rings. The molecule has 0 amide bonds. The highest BCUT2D eigenvalue weighted by atomic mass is 32.2. The first-order valence-electron chi connectivity index (χ1n) is 5.53. The molecule has 0 bridgehead atoms. The van der Waals surface area contributed by atoms with Gasteiger partial charge in [-0.05, 0) is 5.56 Å². The zero-order chi connectivity index (χ0) is 14.4. The van der Waals surface area contributed by atoms with Crippen molar-refractivity contribution in [3.8, 4) is 0 Å². The van der Waals surface area contributed by atoms with E-state index in [1.54, 1.807) is 0 Å². The molecule has 8 heteroatoms. The molecule has 0 aromatic heterocycles. The molecule has 1 rings (SSSR count). The number of rotatable bonds is 8. The number of hydrogen-bond acceptors (Lipinski definition) is 6. The van der Waals surface area contributed by atoms with Gasteiger partial charge >= 0.3 is 7.60 Å². The fraction of sp³-hybridized carbons (Fsp3) is 0.455. The predicted molar refractivity (Wildman–Crippen MR) is 71.5 cm³/mol. The maximum atomic E-state index is 11.9. The second-order valence-electron chi connectivity index (χ2n) is 3.89. The summed E-state index contributed by atoms with van der Waals surface area (Å²) < 4.78 is 47.9. The summed E-state index contributed by atoms with van der Waals surface area (Å²) in [4.78, 5) is 0. The van der Waals surface area contributed by atoms with Gasteiger partial charge in [-0.15, -0.1) is 0 Å². The zero-order valence-electron chi connectivity index (χ0n) is 10.8. The summed E-state index contributed by atoms with van der Waals surface area (Å²) in [5.41, 5.74) is 0.876. The maximum Gasteiger partial charge on any atom is 0.328 e. The van der Waals surface area contributed by atoms with Crippen LogP contribution in [-0.4, -0.2) is 34.6 Å². The van der Waals surface area contributed by atoms with Crippen LogP contribution in [-0.2, 0) is 34.5 Å². The molecule has 0 aliphatic heterocycles. The molecular formula is C11H17O6PS. The lowest BCUT2D eigenvalue weighted by Crippen LogP contribution is -2.09. The highest BCUT2D eigenvalue weighted by molar-refractivity contribution is 7.85. The van der Waals surface area contributed by atoms with Gasteiger partial charge in [0.15, 0.2) is 0 Å².